The summed E-state index contributed by atoms with van der Waals surface area (Å²) in [6.07, 6.45) is 3.54. The molecule has 2 rings (SSSR count). The fraction of sp³-hybridized carbons (Fsp3) is 0.500. The predicted molar refractivity (Wildman–Crippen MR) is 75.3 cm³/mol. The first kappa shape index (κ1) is 13.7. The number of benzene rings is 1. The van der Waals surface area contributed by atoms with Crippen molar-refractivity contribution in [3.05, 3.63) is 34.9 Å². The molecule has 0 heterocycles. The number of halogens is 2. The highest BCUT2D eigenvalue weighted by atomic mass is 35.5. The summed E-state index contributed by atoms with van der Waals surface area (Å²) in [5.74, 6) is 1.64. The standard InChI is InChI=1S/C14H17Cl2NO/c15-8-10-4-3-5-11(10)9-17-14(18)12-6-1-2-7-13(12)16/h1-2,6-7,10-11H,3-5,8-9H2,(H,17,18). The van der Waals surface area contributed by atoms with Crippen LogP contribution in [-0.2, 0) is 0 Å². The summed E-state index contributed by atoms with van der Waals surface area (Å²) in [6, 6.07) is 7.11. The van der Waals surface area contributed by atoms with Crippen molar-refractivity contribution < 1.29 is 4.79 Å². The van der Waals surface area contributed by atoms with Gasteiger partial charge in [-0.25, -0.2) is 0 Å². The molecule has 18 heavy (non-hydrogen) atoms. The highest BCUT2D eigenvalue weighted by Crippen LogP contribution is 2.32. The van der Waals surface area contributed by atoms with Crippen molar-refractivity contribution >= 4 is 29.1 Å². The fourth-order valence-electron chi connectivity index (χ4n) is 2.55. The van der Waals surface area contributed by atoms with Gasteiger partial charge in [-0.2, -0.15) is 0 Å². The monoisotopic (exact) mass is 285 g/mol. The van der Waals surface area contributed by atoms with Crippen LogP contribution in [0.5, 0.6) is 0 Å². The van der Waals surface area contributed by atoms with Gasteiger partial charge in [-0.3, -0.25) is 4.79 Å². The lowest BCUT2D eigenvalue weighted by molar-refractivity contribution is 0.0945. The number of nitrogens with one attached hydrogen (secondary N) is 1. The van der Waals surface area contributed by atoms with E-state index in [1.807, 2.05) is 12.1 Å². The summed E-state index contributed by atoms with van der Waals surface area (Å²) >= 11 is 11.9. The zero-order valence-electron chi connectivity index (χ0n) is 10.2. The second kappa shape index (κ2) is 6.44. The predicted octanol–water partition coefficient (Wildman–Crippen LogP) is 3.72. The Hall–Kier alpha value is -0.730. The quantitative estimate of drug-likeness (QED) is 0.840. The fourth-order valence-corrected chi connectivity index (χ4v) is 3.18. The minimum atomic E-state index is -0.0965. The molecule has 1 N–H and O–H groups in total. The van der Waals surface area contributed by atoms with E-state index in [1.54, 1.807) is 12.1 Å². The van der Waals surface area contributed by atoms with Crippen LogP contribution in [0.25, 0.3) is 0 Å². The van der Waals surface area contributed by atoms with Gasteiger partial charge in [0.05, 0.1) is 10.6 Å². The van der Waals surface area contributed by atoms with Crippen molar-refractivity contribution in [3.63, 3.8) is 0 Å². The van der Waals surface area contributed by atoms with Crippen LogP contribution in [0.15, 0.2) is 24.3 Å². The van der Waals surface area contributed by atoms with Crippen molar-refractivity contribution in [2.45, 2.75) is 19.3 Å². The summed E-state index contributed by atoms with van der Waals surface area (Å²) in [5, 5.41) is 3.46. The zero-order chi connectivity index (χ0) is 13.0. The summed E-state index contributed by atoms with van der Waals surface area (Å²) in [7, 11) is 0. The number of hydrogen-bond acceptors (Lipinski definition) is 1. The van der Waals surface area contributed by atoms with Crippen LogP contribution in [0, 0.1) is 11.8 Å². The molecule has 0 aromatic heterocycles. The third-order valence-corrected chi connectivity index (χ3v) is 4.38. The molecule has 4 heteroatoms. The van der Waals surface area contributed by atoms with Crippen LogP contribution >= 0.6 is 23.2 Å². The van der Waals surface area contributed by atoms with Crippen LogP contribution in [0.3, 0.4) is 0 Å². The Bertz CT molecular complexity index is 422. The first-order valence-corrected chi connectivity index (χ1v) is 7.22. The van der Waals surface area contributed by atoms with Gasteiger partial charge in [-0.05, 0) is 36.8 Å². The Morgan fingerprint density at radius 1 is 1.28 bits per heavy atom. The molecule has 1 aliphatic carbocycles. The summed E-state index contributed by atoms with van der Waals surface area (Å²) in [4.78, 5) is 12.0. The van der Waals surface area contributed by atoms with E-state index in [0.29, 0.717) is 34.8 Å². The molecular weight excluding hydrogens is 269 g/mol. The first-order chi connectivity index (χ1) is 8.72. The maximum atomic E-state index is 12.0. The Labute approximate surface area is 118 Å². The summed E-state index contributed by atoms with van der Waals surface area (Å²) in [5.41, 5.74) is 0.541. The molecule has 1 aromatic rings. The van der Waals surface area contributed by atoms with Crippen molar-refractivity contribution in [1.82, 2.24) is 5.32 Å². The zero-order valence-corrected chi connectivity index (χ0v) is 11.7. The maximum Gasteiger partial charge on any atom is 0.252 e. The number of alkyl halides is 1. The maximum absolute atomic E-state index is 12.0. The number of carbonyl (C=O) groups is 1. The van der Waals surface area contributed by atoms with E-state index in [2.05, 4.69) is 5.32 Å². The van der Waals surface area contributed by atoms with E-state index < -0.39 is 0 Å². The third kappa shape index (κ3) is 3.18. The smallest absolute Gasteiger partial charge is 0.252 e. The average molecular weight is 286 g/mol. The lowest BCUT2D eigenvalue weighted by atomic mass is 9.98. The number of amides is 1. The minimum Gasteiger partial charge on any atom is -0.352 e. The van der Waals surface area contributed by atoms with Crippen molar-refractivity contribution in [3.8, 4) is 0 Å². The van der Waals surface area contributed by atoms with E-state index in [4.69, 9.17) is 23.2 Å². The van der Waals surface area contributed by atoms with Crippen LogP contribution in [0.2, 0.25) is 5.02 Å². The van der Waals surface area contributed by atoms with Crippen LogP contribution in [-0.4, -0.2) is 18.3 Å². The van der Waals surface area contributed by atoms with Crippen molar-refractivity contribution in [2.75, 3.05) is 12.4 Å². The van der Waals surface area contributed by atoms with Crippen LogP contribution < -0.4 is 5.32 Å². The molecule has 0 radical (unpaired) electrons. The molecule has 98 valence electrons. The molecule has 1 fully saturated rings. The molecule has 2 atom stereocenters. The van der Waals surface area contributed by atoms with E-state index in [0.717, 1.165) is 6.42 Å². The van der Waals surface area contributed by atoms with Gasteiger partial charge in [-0.15, -0.1) is 11.6 Å². The van der Waals surface area contributed by atoms with Gasteiger partial charge in [0.15, 0.2) is 0 Å². The number of carbonyl (C=O) groups excluding carboxylic acids is 1. The second-order valence-corrected chi connectivity index (χ2v) is 5.51. The van der Waals surface area contributed by atoms with Crippen molar-refractivity contribution in [2.24, 2.45) is 11.8 Å². The van der Waals surface area contributed by atoms with Crippen molar-refractivity contribution in [1.29, 1.82) is 0 Å². The van der Waals surface area contributed by atoms with Gasteiger partial charge in [-0.1, -0.05) is 30.2 Å². The summed E-state index contributed by atoms with van der Waals surface area (Å²) in [6.45, 7) is 0.696. The van der Waals surface area contributed by atoms with E-state index in [9.17, 15) is 4.79 Å². The summed E-state index contributed by atoms with van der Waals surface area (Å²) < 4.78 is 0. The molecule has 2 unspecified atom stereocenters. The van der Waals surface area contributed by atoms with Gasteiger partial charge in [0.1, 0.15) is 0 Å². The molecule has 0 spiro atoms. The van der Waals surface area contributed by atoms with E-state index in [-0.39, 0.29) is 5.91 Å². The van der Waals surface area contributed by atoms with Gasteiger partial charge in [0, 0.05) is 12.4 Å². The Kier molecular flexibility index (Phi) is 4.90. The Morgan fingerprint density at radius 2 is 2.00 bits per heavy atom. The van der Waals surface area contributed by atoms with Crippen LogP contribution in [0.1, 0.15) is 29.6 Å². The molecule has 0 aliphatic heterocycles. The lowest BCUT2D eigenvalue weighted by Gasteiger charge is -2.17. The Morgan fingerprint density at radius 3 is 2.72 bits per heavy atom. The molecule has 1 amide bonds. The molecule has 1 aliphatic rings. The molecule has 1 saturated carbocycles. The second-order valence-electron chi connectivity index (χ2n) is 4.80. The van der Waals surface area contributed by atoms with Gasteiger partial charge < -0.3 is 5.32 Å². The number of hydrogen-bond donors (Lipinski definition) is 1. The Balaban J connectivity index is 1.91. The van der Waals surface area contributed by atoms with Gasteiger partial charge in [0.2, 0.25) is 0 Å². The molecule has 0 saturated heterocycles. The third-order valence-electron chi connectivity index (χ3n) is 3.66. The molecule has 0 bridgehead atoms. The molecule has 2 nitrogen and oxygen atoms in total. The van der Waals surface area contributed by atoms with Crippen LogP contribution in [0.4, 0.5) is 0 Å². The van der Waals surface area contributed by atoms with E-state index in [1.165, 1.54) is 12.8 Å². The average Bonchev–Trinajstić information content (AvgIpc) is 2.84. The highest BCUT2D eigenvalue weighted by molar-refractivity contribution is 6.33. The largest absolute Gasteiger partial charge is 0.352 e. The lowest BCUT2D eigenvalue weighted by Crippen LogP contribution is -2.31. The first-order valence-electron chi connectivity index (χ1n) is 6.31. The SMILES string of the molecule is O=C(NCC1CCCC1CCl)c1ccccc1Cl. The molecular formula is C14H17Cl2NO. The highest BCUT2D eigenvalue weighted by Gasteiger charge is 2.26. The normalized spacial score (nSPS) is 23.0. The van der Waals surface area contributed by atoms with Gasteiger partial charge in [0.25, 0.3) is 5.91 Å². The van der Waals surface area contributed by atoms with Gasteiger partial charge >= 0.3 is 0 Å². The van der Waals surface area contributed by atoms with E-state index >= 15 is 0 Å². The number of rotatable bonds is 4. The topological polar surface area (TPSA) is 29.1 Å². The molecule has 1 aromatic carbocycles. The minimum absolute atomic E-state index is 0.0965.